The van der Waals surface area contributed by atoms with Gasteiger partial charge in [-0.3, -0.25) is 4.79 Å². The Kier molecular flexibility index (Phi) is 10.2. The van der Waals surface area contributed by atoms with Gasteiger partial charge >= 0.3 is 5.97 Å². The third-order valence-electron chi connectivity index (χ3n) is 6.15. The molecule has 0 radical (unpaired) electrons. The molecule has 0 N–H and O–H groups in total. The molecule has 196 valence electrons. The monoisotopic (exact) mass is 508 g/mol. The van der Waals surface area contributed by atoms with Gasteiger partial charge in [-0.05, 0) is 16.7 Å². The molecule has 3 aromatic carbocycles. The molecule has 0 bridgehead atoms. The molecule has 3 unspecified atom stereocenters. The summed E-state index contributed by atoms with van der Waals surface area (Å²) in [6.45, 7) is 1.83. The number of hydrogen-bond donors (Lipinski definition) is 0. The van der Waals surface area contributed by atoms with Gasteiger partial charge in [-0.25, -0.2) is 4.39 Å². The Hall–Kier alpha value is -3.10. The van der Waals surface area contributed by atoms with E-state index >= 15 is 4.39 Å². The van der Waals surface area contributed by atoms with Crippen LogP contribution in [0, 0.1) is 0 Å². The third kappa shape index (κ3) is 8.20. The fourth-order valence-electron chi connectivity index (χ4n) is 4.24. The van der Waals surface area contributed by atoms with Gasteiger partial charge in [0.15, 0.2) is 6.17 Å². The van der Waals surface area contributed by atoms with Crippen molar-refractivity contribution in [2.45, 2.75) is 57.3 Å². The Morgan fingerprint density at radius 3 is 1.73 bits per heavy atom. The van der Waals surface area contributed by atoms with E-state index in [-0.39, 0.29) is 13.2 Å². The van der Waals surface area contributed by atoms with Crippen LogP contribution < -0.4 is 0 Å². The van der Waals surface area contributed by atoms with E-state index in [0.29, 0.717) is 13.2 Å². The number of benzene rings is 3. The maximum Gasteiger partial charge on any atom is 0.302 e. The maximum absolute atomic E-state index is 15.4. The minimum Gasteiger partial charge on any atom is -0.463 e. The van der Waals surface area contributed by atoms with Crippen molar-refractivity contribution in [2.75, 3.05) is 13.2 Å². The Morgan fingerprint density at radius 2 is 1.24 bits per heavy atom. The Balaban J connectivity index is 1.55. The summed E-state index contributed by atoms with van der Waals surface area (Å²) in [6, 6.07) is 29.2. The summed E-state index contributed by atoms with van der Waals surface area (Å²) in [5, 5.41) is 0. The summed E-state index contributed by atoms with van der Waals surface area (Å²) in [6.07, 6.45) is -4.52. The Morgan fingerprint density at radius 1 is 0.784 bits per heavy atom. The van der Waals surface area contributed by atoms with Gasteiger partial charge in [0.2, 0.25) is 0 Å². The quantitative estimate of drug-likeness (QED) is 0.320. The molecule has 1 fully saturated rings. The van der Waals surface area contributed by atoms with Crippen molar-refractivity contribution in [3.63, 3.8) is 0 Å². The minimum atomic E-state index is -1.59. The van der Waals surface area contributed by atoms with Crippen LogP contribution in [0.25, 0.3) is 0 Å². The molecule has 0 spiro atoms. The van der Waals surface area contributed by atoms with E-state index in [0.717, 1.165) is 16.7 Å². The van der Waals surface area contributed by atoms with Crippen molar-refractivity contribution in [1.82, 2.24) is 0 Å². The highest BCUT2D eigenvalue weighted by Gasteiger charge is 2.46. The second-order valence-corrected chi connectivity index (χ2v) is 8.97. The van der Waals surface area contributed by atoms with E-state index < -0.39 is 43.2 Å². The first-order valence-corrected chi connectivity index (χ1v) is 12.5. The minimum absolute atomic E-state index is 0.114. The molecule has 1 saturated heterocycles. The van der Waals surface area contributed by atoms with Crippen LogP contribution in [0.3, 0.4) is 0 Å². The molecule has 3 aromatic rings. The van der Waals surface area contributed by atoms with Gasteiger partial charge in [-0.2, -0.15) is 0 Å². The molecular formula is C30H33FO6. The lowest BCUT2D eigenvalue weighted by atomic mass is 9.96. The molecule has 1 aliphatic rings. The molecule has 0 amide bonds. The molecule has 4 rings (SSSR count). The summed E-state index contributed by atoms with van der Waals surface area (Å²) in [7, 11) is 0. The predicted octanol–water partition coefficient (Wildman–Crippen LogP) is 5.04. The van der Waals surface area contributed by atoms with Gasteiger partial charge in [0.25, 0.3) is 0 Å². The molecule has 0 aromatic heterocycles. The highest BCUT2D eigenvalue weighted by molar-refractivity contribution is 5.65. The summed E-state index contributed by atoms with van der Waals surface area (Å²) in [5.74, 6) is -0.554. The first-order valence-electron chi connectivity index (χ1n) is 12.5. The maximum atomic E-state index is 15.4. The number of esters is 1. The van der Waals surface area contributed by atoms with Crippen LogP contribution >= 0.6 is 0 Å². The number of carbonyl (C=O) groups is 1. The van der Waals surface area contributed by atoms with Crippen molar-refractivity contribution < 1.29 is 32.9 Å². The van der Waals surface area contributed by atoms with Gasteiger partial charge in [0, 0.05) is 6.92 Å². The average Bonchev–Trinajstić information content (AvgIpc) is 2.94. The predicted molar refractivity (Wildman–Crippen MR) is 136 cm³/mol. The first kappa shape index (κ1) is 26.9. The molecule has 37 heavy (non-hydrogen) atoms. The Bertz CT molecular complexity index is 1070. The van der Waals surface area contributed by atoms with Crippen molar-refractivity contribution in [3.8, 4) is 0 Å². The van der Waals surface area contributed by atoms with Crippen molar-refractivity contribution in [3.05, 3.63) is 108 Å². The smallest absolute Gasteiger partial charge is 0.302 e. The second kappa shape index (κ2) is 14.0. The van der Waals surface area contributed by atoms with Gasteiger partial charge in [-0.1, -0.05) is 91.0 Å². The third-order valence-corrected chi connectivity index (χ3v) is 6.15. The topological polar surface area (TPSA) is 63.2 Å². The van der Waals surface area contributed by atoms with Crippen LogP contribution in [0.1, 0.15) is 23.6 Å². The lowest BCUT2D eigenvalue weighted by Crippen LogP contribution is -2.59. The number of alkyl halides is 1. The van der Waals surface area contributed by atoms with Gasteiger partial charge in [-0.15, -0.1) is 0 Å². The van der Waals surface area contributed by atoms with Crippen molar-refractivity contribution in [1.29, 1.82) is 0 Å². The van der Waals surface area contributed by atoms with Gasteiger partial charge in [0.1, 0.15) is 31.0 Å². The van der Waals surface area contributed by atoms with Gasteiger partial charge < -0.3 is 23.7 Å². The molecule has 5 atom stereocenters. The number of rotatable bonds is 12. The molecule has 1 heterocycles. The van der Waals surface area contributed by atoms with Crippen molar-refractivity contribution >= 4 is 5.97 Å². The van der Waals surface area contributed by atoms with E-state index in [1.54, 1.807) is 0 Å². The lowest BCUT2D eigenvalue weighted by Gasteiger charge is -2.43. The van der Waals surface area contributed by atoms with E-state index in [2.05, 4.69) is 0 Å². The molecule has 7 heteroatoms. The van der Waals surface area contributed by atoms with Crippen molar-refractivity contribution in [2.24, 2.45) is 0 Å². The largest absolute Gasteiger partial charge is 0.463 e. The zero-order valence-electron chi connectivity index (χ0n) is 20.9. The van der Waals surface area contributed by atoms with Gasteiger partial charge in [0.05, 0.1) is 26.4 Å². The van der Waals surface area contributed by atoms with Crippen LogP contribution in [-0.4, -0.2) is 49.8 Å². The van der Waals surface area contributed by atoms with Crippen LogP contribution in [-0.2, 0) is 48.3 Å². The summed E-state index contributed by atoms with van der Waals surface area (Å²) >= 11 is 0. The summed E-state index contributed by atoms with van der Waals surface area (Å²) in [4.78, 5) is 11.3. The average molecular weight is 509 g/mol. The molecular weight excluding hydrogens is 475 g/mol. The van der Waals surface area contributed by atoms with Crippen LogP contribution in [0.5, 0.6) is 0 Å². The van der Waals surface area contributed by atoms with E-state index in [1.165, 1.54) is 6.92 Å². The molecule has 6 nitrogen and oxygen atoms in total. The van der Waals surface area contributed by atoms with Crippen LogP contribution in [0.15, 0.2) is 91.0 Å². The van der Waals surface area contributed by atoms with E-state index in [1.807, 2.05) is 91.0 Å². The second-order valence-electron chi connectivity index (χ2n) is 8.97. The first-order chi connectivity index (χ1) is 18.1. The normalized spacial score (nSPS) is 22.3. The highest BCUT2D eigenvalue weighted by atomic mass is 19.1. The number of hydrogen-bond acceptors (Lipinski definition) is 6. The fraction of sp³-hybridized carbons (Fsp3) is 0.367. The lowest BCUT2D eigenvalue weighted by molar-refractivity contribution is -0.251. The number of halogens is 1. The summed E-state index contributed by atoms with van der Waals surface area (Å²) < 4.78 is 45.2. The van der Waals surface area contributed by atoms with E-state index in [9.17, 15) is 4.79 Å². The zero-order chi connectivity index (χ0) is 25.9. The molecule has 1 aliphatic heterocycles. The Labute approximate surface area is 217 Å². The SMILES string of the molecule is CC(=O)OC[C@H](F)C1OCC(OCc2ccccc2)C(OCc2ccccc2)[C@@H]1OCc1ccccc1. The number of carbonyl (C=O) groups excluding carboxylic acids is 1. The highest BCUT2D eigenvalue weighted by Crippen LogP contribution is 2.29. The van der Waals surface area contributed by atoms with Crippen LogP contribution in [0.4, 0.5) is 4.39 Å². The summed E-state index contributed by atoms with van der Waals surface area (Å²) in [5.41, 5.74) is 2.92. The molecule has 0 saturated carbocycles. The van der Waals surface area contributed by atoms with E-state index in [4.69, 9.17) is 23.7 Å². The fourth-order valence-corrected chi connectivity index (χ4v) is 4.24. The zero-order valence-corrected chi connectivity index (χ0v) is 20.9. The number of ether oxygens (including phenoxy) is 5. The van der Waals surface area contributed by atoms with Crippen LogP contribution in [0.2, 0.25) is 0 Å². The molecule has 0 aliphatic carbocycles. The standard InChI is InChI=1S/C30H33FO6/c1-22(32)33-20-26(31)28-30(36-19-25-15-9-4-10-16-25)29(35-18-24-13-7-3-8-14-24)27(21-37-28)34-17-23-11-5-2-6-12-23/h2-16,26-30H,17-21H2,1H3/t26-,27?,28?,29?,30+/m0/s1.